The molecule has 3 aromatic rings. The molecule has 0 spiro atoms. The molecule has 1 saturated heterocycles. The molecule has 1 aliphatic heterocycles. The SMILES string of the molecule is Cc1ccccc1N1C(=O)NC(=O)/C(=C\c2cc(Cl)ccc2OCc2ccc(Cl)cc2)C1=O. The molecule has 0 aromatic heterocycles. The number of hydrogen-bond acceptors (Lipinski definition) is 4. The molecule has 0 unspecified atom stereocenters. The number of aryl methyl sites for hydroxylation is 1. The highest BCUT2D eigenvalue weighted by Crippen LogP contribution is 2.29. The standard InChI is InChI=1S/C25H18Cl2N2O4/c1-15-4-2-3-5-21(15)29-24(31)20(23(30)28-25(29)32)13-17-12-19(27)10-11-22(17)33-14-16-6-8-18(26)9-7-16/h2-13H,14H2,1H3,(H,28,30,32)/b20-13+. The van der Waals surface area contributed by atoms with Gasteiger partial charge in [-0.3, -0.25) is 14.9 Å². The Morgan fingerprint density at radius 2 is 1.64 bits per heavy atom. The van der Waals surface area contributed by atoms with Crippen LogP contribution in [0.25, 0.3) is 6.08 Å². The van der Waals surface area contributed by atoms with Gasteiger partial charge in [-0.1, -0.05) is 53.5 Å². The number of halogens is 2. The Hall–Kier alpha value is -3.61. The van der Waals surface area contributed by atoms with Crippen LogP contribution in [-0.2, 0) is 16.2 Å². The van der Waals surface area contributed by atoms with E-state index in [9.17, 15) is 14.4 Å². The molecular formula is C25H18Cl2N2O4. The molecule has 8 heteroatoms. The number of carbonyl (C=O) groups is 3. The number of para-hydroxylation sites is 1. The number of nitrogens with zero attached hydrogens (tertiary/aromatic N) is 1. The Bertz CT molecular complexity index is 1290. The van der Waals surface area contributed by atoms with Crippen molar-refractivity contribution in [3.63, 3.8) is 0 Å². The molecule has 0 bridgehead atoms. The summed E-state index contributed by atoms with van der Waals surface area (Å²) in [6, 6.07) is 18.2. The van der Waals surface area contributed by atoms with Gasteiger partial charge in [0.15, 0.2) is 0 Å². The normalized spacial score (nSPS) is 15.1. The molecule has 33 heavy (non-hydrogen) atoms. The Morgan fingerprint density at radius 3 is 2.36 bits per heavy atom. The van der Waals surface area contributed by atoms with Crippen LogP contribution in [0.5, 0.6) is 5.75 Å². The third kappa shape index (κ3) is 4.92. The summed E-state index contributed by atoms with van der Waals surface area (Å²) < 4.78 is 5.91. The number of nitrogens with one attached hydrogen (secondary N) is 1. The fourth-order valence-corrected chi connectivity index (χ4v) is 3.66. The van der Waals surface area contributed by atoms with Gasteiger partial charge < -0.3 is 4.74 Å². The van der Waals surface area contributed by atoms with Gasteiger partial charge in [-0.2, -0.15) is 0 Å². The third-order valence-corrected chi connectivity index (χ3v) is 5.52. The first-order valence-electron chi connectivity index (χ1n) is 9.97. The Morgan fingerprint density at radius 1 is 0.939 bits per heavy atom. The quantitative estimate of drug-likeness (QED) is 0.383. The number of hydrogen-bond donors (Lipinski definition) is 1. The lowest BCUT2D eigenvalue weighted by Gasteiger charge is -2.27. The minimum Gasteiger partial charge on any atom is -0.488 e. The highest BCUT2D eigenvalue weighted by atomic mass is 35.5. The van der Waals surface area contributed by atoms with Gasteiger partial charge in [-0.25, -0.2) is 9.69 Å². The molecule has 0 atom stereocenters. The van der Waals surface area contributed by atoms with Gasteiger partial charge in [0.25, 0.3) is 11.8 Å². The number of imide groups is 2. The van der Waals surface area contributed by atoms with E-state index in [0.717, 1.165) is 10.5 Å². The van der Waals surface area contributed by atoms with Gasteiger partial charge in [0.05, 0.1) is 5.69 Å². The van der Waals surface area contributed by atoms with Crippen molar-refractivity contribution in [1.82, 2.24) is 5.32 Å². The first kappa shape index (κ1) is 22.6. The molecule has 4 rings (SSSR count). The van der Waals surface area contributed by atoms with Crippen LogP contribution >= 0.6 is 23.2 Å². The van der Waals surface area contributed by atoms with Gasteiger partial charge in [0, 0.05) is 15.6 Å². The van der Waals surface area contributed by atoms with E-state index in [1.807, 2.05) is 12.1 Å². The van der Waals surface area contributed by atoms with E-state index in [0.29, 0.717) is 32.6 Å². The molecular weight excluding hydrogens is 463 g/mol. The van der Waals surface area contributed by atoms with E-state index in [4.69, 9.17) is 27.9 Å². The molecule has 6 nitrogen and oxygen atoms in total. The molecule has 1 heterocycles. The molecule has 3 aromatic carbocycles. The van der Waals surface area contributed by atoms with E-state index in [-0.39, 0.29) is 12.2 Å². The van der Waals surface area contributed by atoms with Crippen molar-refractivity contribution in [1.29, 1.82) is 0 Å². The summed E-state index contributed by atoms with van der Waals surface area (Å²) in [4.78, 5) is 39.2. The minimum absolute atomic E-state index is 0.212. The zero-order valence-electron chi connectivity index (χ0n) is 17.5. The van der Waals surface area contributed by atoms with Gasteiger partial charge in [-0.05, 0) is 60.5 Å². The fourth-order valence-electron chi connectivity index (χ4n) is 3.35. The van der Waals surface area contributed by atoms with Crippen molar-refractivity contribution in [2.45, 2.75) is 13.5 Å². The minimum atomic E-state index is -0.804. The van der Waals surface area contributed by atoms with Crippen molar-refractivity contribution in [3.8, 4) is 5.75 Å². The number of carbonyl (C=O) groups excluding carboxylic acids is 3. The second-order valence-electron chi connectivity index (χ2n) is 7.34. The molecule has 1 fully saturated rings. The molecule has 0 radical (unpaired) electrons. The van der Waals surface area contributed by atoms with Crippen LogP contribution in [0.2, 0.25) is 10.0 Å². The summed E-state index contributed by atoms with van der Waals surface area (Å²) in [5.74, 6) is -1.11. The van der Waals surface area contributed by atoms with E-state index < -0.39 is 17.8 Å². The van der Waals surface area contributed by atoms with Crippen LogP contribution in [0.4, 0.5) is 10.5 Å². The molecule has 4 amide bonds. The number of ether oxygens (including phenoxy) is 1. The lowest BCUT2D eigenvalue weighted by Crippen LogP contribution is -2.54. The van der Waals surface area contributed by atoms with Gasteiger partial charge in [0.1, 0.15) is 17.9 Å². The second-order valence-corrected chi connectivity index (χ2v) is 8.21. The maximum atomic E-state index is 13.2. The van der Waals surface area contributed by atoms with Crippen LogP contribution in [0, 0.1) is 6.92 Å². The largest absolute Gasteiger partial charge is 0.488 e. The molecule has 1 aliphatic rings. The molecule has 1 N–H and O–H groups in total. The predicted molar refractivity (Wildman–Crippen MR) is 127 cm³/mol. The average molecular weight is 481 g/mol. The third-order valence-electron chi connectivity index (χ3n) is 5.04. The van der Waals surface area contributed by atoms with Crippen LogP contribution in [-0.4, -0.2) is 17.8 Å². The van der Waals surface area contributed by atoms with E-state index in [2.05, 4.69) is 5.32 Å². The van der Waals surface area contributed by atoms with Crippen molar-refractivity contribution in [2.75, 3.05) is 4.90 Å². The number of anilines is 1. The summed E-state index contributed by atoms with van der Waals surface area (Å²) in [6.45, 7) is 2.01. The van der Waals surface area contributed by atoms with Crippen molar-refractivity contribution < 1.29 is 19.1 Å². The number of amides is 4. The Balaban J connectivity index is 1.68. The topological polar surface area (TPSA) is 75.7 Å². The number of barbiturate groups is 1. The van der Waals surface area contributed by atoms with Gasteiger partial charge in [-0.15, -0.1) is 0 Å². The maximum Gasteiger partial charge on any atom is 0.335 e. The molecule has 0 saturated carbocycles. The van der Waals surface area contributed by atoms with Crippen molar-refractivity contribution in [3.05, 3.63) is 99.0 Å². The van der Waals surface area contributed by atoms with E-state index in [1.54, 1.807) is 61.5 Å². The zero-order chi connectivity index (χ0) is 23.5. The predicted octanol–water partition coefficient (Wildman–Crippen LogP) is 5.55. The fraction of sp³-hybridized carbons (Fsp3) is 0.0800. The molecule has 166 valence electrons. The first-order valence-corrected chi connectivity index (χ1v) is 10.7. The smallest absolute Gasteiger partial charge is 0.335 e. The number of rotatable bonds is 5. The van der Waals surface area contributed by atoms with Crippen molar-refractivity contribution >= 4 is 52.8 Å². The summed E-state index contributed by atoms with van der Waals surface area (Å²) in [5.41, 5.74) is 2.20. The summed E-state index contributed by atoms with van der Waals surface area (Å²) in [6.07, 6.45) is 1.37. The van der Waals surface area contributed by atoms with Crippen molar-refractivity contribution in [2.24, 2.45) is 0 Å². The number of benzene rings is 3. The van der Waals surface area contributed by atoms with Crippen LogP contribution in [0.1, 0.15) is 16.7 Å². The Labute approximate surface area is 200 Å². The molecule has 0 aliphatic carbocycles. The monoisotopic (exact) mass is 480 g/mol. The second kappa shape index (κ2) is 9.48. The van der Waals surface area contributed by atoms with Crippen LogP contribution in [0.15, 0.2) is 72.3 Å². The highest BCUT2D eigenvalue weighted by Gasteiger charge is 2.37. The van der Waals surface area contributed by atoms with Gasteiger partial charge >= 0.3 is 6.03 Å². The zero-order valence-corrected chi connectivity index (χ0v) is 19.0. The maximum absolute atomic E-state index is 13.2. The Kier molecular flexibility index (Phi) is 6.49. The summed E-state index contributed by atoms with van der Waals surface area (Å²) >= 11 is 12.1. The average Bonchev–Trinajstić information content (AvgIpc) is 2.78. The van der Waals surface area contributed by atoms with Crippen LogP contribution in [0.3, 0.4) is 0 Å². The summed E-state index contributed by atoms with van der Waals surface area (Å²) in [7, 11) is 0. The lowest BCUT2D eigenvalue weighted by molar-refractivity contribution is -0.122. The van der Waals surface area contributed by atoms with E-state index in [1.165, 1.54) is 6.08 Å². The lowest BCUT2D eigenvalue weighted by atomic mass is 10.0. The highest BCUT2D eigenvalue weighted by molar-refractivity contribution is 6.39. The first-order chi connectivity index (χ1) is 15.8. The van der Waals surface area contributed by atoms with Gasteiger partial charge in [0.2, 0.25) is 0 Å². The number of urea groups is 1. The van der Waals surface area contributed by atoms with E-state index >= 15 is 0 Å². The van der Waals surface area contributed by atoms with Crippen LogP contribution < -0.4 is 15.0 Å². The summed E-state index contributed by atoms with van der Waals surface area (Å²) in [5, 5.41) is 3.24.